The number of aromatic amines is 1. The number of ether oxygens (including phenoxy) is 2. The standard InChI is InChI=1S/C19H16ClN5O3/c1-27-15-8-7-11(9-16(15)28-2)22-14-10-21-25(18(26)17(14)20)19-23-12-5-3-4-6-13(12)24-19/h3-10,22H,1-2H3,(H,23,24). The Hall–Kier alpha value is -3.52. The molecule has 28 heavy (non-hydrogen) atoms. The third kappa shape index (κ3) is 3.14. The first-order chi connectivity index (χ1) is 13.6. The van der Waals surface area contributed by atoms with E-state index in [-0.39, 0.29) is 5.02 Å². The summed E-state index contributed by atoms with van der Waals surface area (Å²) in [5, 5.41) is 7.25. The van der Waals surface area contributed by atoms with Gasteiger partial charge in [-0.2, -0.15) is 9.78 Å². The lowest BCUT2D eigenvalue weighted by Crippen LogP contribution is -2.23. The van der Waals surface area contributed by atoms with Crippen LogP contribution in [0.2, 0.25) is 5.02 Å². The van der Waals surface area contributed by atoms with E-state index in [0.717, 1.165) is 15.7 Å². The second-order valence-corrected chi connectivity index (χ2v) is 6.24. The number of H-pyrrole nitrogens is 1. The molecule has 0 saturated heterocycles. The van der Waals surface area contributed by atoms with Crippen LogP contribution in [0.15, 0.2) is 53.5 Å². The SMILES string of the molecule is COc1ccc(Nc2cnn(-c3nc4ccccc4[nH]3)c(=O)c2Cl)cc1OC. The van der Waals surface area contributed by atoms with Gasteiger partial charge in [-0.25, -0.2) is 4.98 Å². The van der Waals surface area contributed by atoms with E-state index in [2.05, 4.69) is 20.4 Å². The molecule has 0 aliphatic rings. The van der Waals surface area contributed by atoms with Gasteiger partial charge in [-0.05, 0) is 24.3 Å². The first-order valence-corrected chi connectivity index (χ1v) is 8.70. The molecule has 0 spiro atoms. The fraction of sp³-hybridized carbons (Fsp3) is 0.105. The maximum Gasteiger partial charge on any atom is 0.295 e. The van der Waals surface area contributed by atoms with Crippen LogP contribution < -0.4 is 20.3 Å². The molecule has 0 aliphatic carbocycles. The summed E-state index contributed by atoms with van der Waals surface area (Å²) < 4.78 is 11.6. The van der Waals surface area contributed by atoms with Crippen molar-refractivity contribution in [1.82, 2.24) is 19.7 Å². The normalized spacial score (nSPS) is 10.8. The van der Waals surface area contributed by atoms with Crippen LogP contribution in [-0.4, -0.2) is 34.0 Å². The van der Waals surface area contributed by atoms with E-state index in [0.29, 0.717) is 28.8 Å². The molecule has 2 aromatic carbocycles. The van der Waals surface area contributed by atoms with Crippen molar-refractivity contribution < 1.29 is 9.47 Å². The molecular formula is C19H16ClN5O3. The molecule has 0 bridgehead atoms. The van der Waals surface area contributed by atoms with Gasteiger partial charge < -0.3 is 19.8 Å². The highest BCUT2D eigenvalue weighted by atomic mass is 35.5. The molecule has 2 aromatic heterocycles. The minimum Gasteiger partial charge on any atom is -0.493 e. The Morgan fingerprint density at radius 2 is 1.89 bits per heavy atom. The predicted molar refractivity (Wildman–Crippen MR) is 107 cm³/mol. The van der Waals surface area contributed by atoms with E-state index in [1.807, 2.05) is 24.3 Å². The van der Waals surface area contributed by atoms with Crippen molar-refractivity contribution >= 4 is 34.0 Å². The summed E-state index contributed by atoms with van der Waals surface area (Å²) in [5.41, 5.74) is 2.07. The number of imidazole rings is 1. The van der Waals surface area contributed by atoms with Crippen molar-refractivity contribution in [3.05, 3.63) is 64.0 Å². The van der Waals surface area contributed by atoms with Crippen molar-refractivity contribution in [3.8, 4) is 17.4 Å². The number of benzene rings is 2. The first-order valence-electron chi connectivity index (χ1n) is 8.32. The molecule has 0 fully saturated rings. The van der Waals surface area contributed by atoms with Gasteiger partial charge in [0.25, 0.3) is 5.56 Å². The van der Waals surface area contributed by atoms with E-state index in [4.69, 9.17) is 21.1 Å². The van der Waals surface area contributed by atoms with Crippen molar-refractivity contribution in [2.75, 3.05) is 19.5 Å². The largest absolute Gasteiger partial charge is 0.493 e. The summed E-state index contributed by atoms with van der Waals surface area (Å²) in [6, 6.07) is 12.7. The number of hydrogen-bond acceptors (Lipinski definition) is 6. The van der Waals surface area contributed by atoms with Crippen LogP contribution in [0.4, 0.5) is 11.4 Å². The number of hydrogen-bond donors (Lipinski definition) is 2. The average molecular weight is 398 g/mol. The summed E-state index contributed by atoms with van der Waals surface area (Å²) in [4.78, 5) is 20.1. The van der Waals surface area contributed by atoms with E-state index < -0.39 is 5.56 Å². The van der Waals surface area contributed by atoms with Crippen LogP contribution in [0.5, 0.6) is 11.5 Å². The fourth-order valence-corrected chi connectivity index (χ4v) is 2.96. The zero-order valence-electron chi connectivity index (χ0n) is 15.1. The van der Waals surface area contributed by atoms with Gasteiger partial charge in [-0.3, -0.25) is 4.79 Å². The number of halogens is 1. The number of nitrogens with one attached hydrogen (secondary N) is 2. The zero-order chi connectivity index (χ0) is 19.7. The summed E-state index contributed by atoms with van der Waals surface area (Å²) >= 11 is 6.30. The average Bonchev–Trinajstić information content (AvgIpc) is 3.15. The first kappa shape index (κ1) is 17.9. The van der Waals surface area contributed by atoms with Crippen LogP contribution >= 0.6 is 11.6 Å². The van der Waals surface area contributed by atoms with Gasteiger partial charge in [0.15, 0.2) is 11.5 Å². The van der Waals surface area contributed by atoms with Crippen LogP contribution in [0.1, 0.15) is 0 Å². The molecule has 8 nitrogen and oxygen atoms in total. The Balaban J connectivity index is 1.69. The third-order valence-electron chi connectivity index (χ3n) is 4.16. The van der Waals surface area contributed by atoms with E-state index in [1.165, 1.54) is 6.20 Å². The minimum absolute atomic E-state index is 0.00904. The number of nitrogens with zero attached hydrogens (tertiary/aromatic N) is 3. The highest BCUT2D eigenvalue weighted by molar-refractivity contribution is 6.33. The van der Waals surface area contributed by atoms with Crippen molar-refractivity contribution in [2.45, 2.75) is 0 Å². The number of methoxy groups -OCH3 is 2. The lowest BCUT2D eigenvalue weighted by Gasteiger charge is -2.12. The van der Waals surface area contributed by atoms with Gasteiger partial charge in [0.2, 0.25) is 5.95 Å². The number of aromatic nitrogens is 4. The molecule has 4 rings (SSSR count). The fourth-order valence-electron chi connectivity index (χ4n) is 2.78. The Kier molecular flexibility index (Phi) is 4.62. The number of para-hydroxylation sites is 2. The molecular weight excluding hydrogens is 382 g/mol. The second-order valence-electron chi connectivity index (χ2n) is 5.86. The van der Waals surface area contributed by atoms with Gasteiger partial charge in [-0.1, -0.05) is 23.7 Å². The third-order valence-corrected chi connectivity index (χ3v) is 4.52. The predicted octanol–water partition coefficient (Wildman–Crippen LogP) is 3.52. The molecule has 2 heterocycles. The second kappa shape index (κ2) is 7.24. The van der Waals surface area contributed by atoms with Crippen molar-refractivity contribution in [2.24, 2.45) is 0 Å². The van der Waals surface area contributed by atoms with Gasteiger partial charge in [0.05, 0.1) is 37.1 Å². The summed E-state index contributed by atoms with van der Waals surface area (Å²) in [7, 11) is 3.11. The highest BCUT2D eigenvalue weighted by Gasteiger charge is 2.14. The van der Waals surface area contributed by atoms with E-state index in [9.17, 15) is 4.79 Å². The van der Waals surface area contributed by atoms with Gasteiger partial charge in [-0.15, -0.1) is 0 Å². The quantitative estimate of drug-likeness (QED) is 0.535. The lowest BCUT2D eigenvalue weighted by atomic mass is 10.2. The maximum atomic E-state index is 12.7. The summed E-state index contributed by atoms with van der Waals surface area (Å²) in [6.07, 6.45) is 1.47. The van der Waals surface area contributed by atoms with Crippen LogP contribution in [0.25, 0.3) is 17.0 Å². The number of anilines is 2. The molecule has 2 N–H and O–H groups in total. The minimum atomic E-state index is -0.494. The molecule has 0 unspecified atom stereocenters. The maximum absolute atomic E-state index is 12.7. The van der Waals surface area contributed by atoms with Crippen LogP contribution in [-0.2, 0) is 0 Å². The molecule has 0 radical (unpaired) electrons. The van der Waals surface area contributed by atoms with Crippen LogP contribution in [0.3, 0.4) is 0 Å². The molecule has 9 heteroatoms. The smallest absolute Gasteiger partial charge is 0.295 e. The Morgan fingerprint density at radius 3 is 2.64 bits per heavy atom. The molecule has 0 aliphatic heterocycles. The van der Waals surface area contributed by atoms with Gasteiger partial charge in [0, 0.05) is 11.8 Å². The molecule has 4 aromatic rings. The number of fused-ring (bicyclic) bond motifs is 1. The Morgan fingerprint density at radius 1 is 1.11 bits per heavy atom. The molecule has 0 atom stereocenters. The monoisotopic (exact) mass is 397 g/mol. The van der Waals surface area contributed by atoms with E-state index >= 15 is 0 Å². The lowest BCUT2D eigenvalue weighted by molar-refractivity contribution is 0.355. The zero-order valence-corrected chi connectivity index (χ0v) is 15.8. The van der Waals surface area contributed by atoms with Gasteiger partial charge >= 0.3 is 0 Å². The molecule has 142 valence electrons. The van der Waals surface area contributed by atoms with Crippen molar-refractivity contribution in [1.29, 1.82) is 0 Å². The number of rotatable bonds is 5. The van der Waals surface area contributed by atoms with E-state index in [1.54, 1.807) is 32.4 Å². The molecule has 0 saturated carbocycles. The Bertz CT molecular complexity index is 1180. The van der Waals surface area contributed by atoms with Crippen molar-refractivity contribution in [3.63, 3.8) is 0 Å². The van der Waals surface area contributed by atoms with Crippen LogP contribution in [0, 0.1) is 0 Å². The summed E-state index contributed by atoms with van der Waals surface area (Å²) in [6.45, 7) is 0. The Labute approximate surface area is 164 Å². The van der Waals surface area contributed by atoms with Gasteiger partial charge in [0.1, 0.15) is 5.02 Å². The highest BCUT2D eigenvalue weighted by Crippen LogP contribution is 2.32. The topological polar surface area (TPSA) is 94.1 Å². The summed E-state index contributed by atoms with van der Waals surface area (Å²) in [5.74, 6) is 1.44. The molecule has 0 amide bonds.